The summed E-state index contributed by atoms with van der Waals surface area (Å²) in [5.41, 5.74) is 4.30. The number of carboxylic acids is 1. The molecule has 0 aliphatic heterocycles. The third-order valence-corrected chi connectivity index (χ3v) is 3.99. The third-order valence-electron chi connectivity index (χ3n) is 3.99. The number of carboxylic acid groups (broad SMARTS) is 1. The van der Waals surface area contributed by atoms with Crippen molar-refractivity contribution in [2.45, 2.75) is 33.5 Å². The Hall–Kier alpha value is -2.33. The smallest absolute Gasteiger partial charge is 0.306 e. The van der Waals surface area contributed by atoms with Crippen molar-refractivity contribution in [2.75, 3.05) is 7.11 Å². The Kier molecular flexibility index (Phi) is 6.38. The first-order valence-electron chi connectivity index (χ1n) is 8.01. The number of ether oxygens (including phenoxy) is 2. The van der Waals surface area contributed by atoms with Crippen LogP contribution in [0.4, 0.5) is 0 Å². The van der Waals surface area contributed by atoms with Gasteiger partial charge in [0.2, 0.25) is 0 Å². The molecule has 2 rings (SSSR count). The second-order valence-corrected chi connectivity index (χ2v) is 6.06. The molecule has 0 aliphatic rings. The largest absolute Gasteiger partial charge is 0.497 e. The summed E-state index contributed by atoms with van der Waals surface area (Å²) in [6.07, 6.45) is 0.511. The van der Waals surface area contributed by atoms with Crippen LogP contribution in [-0.4, -0.2) is 18.2 Å². The Labute approximate surface area is 143 Å². The Balaban J connectivity index is 1.99. The number of aryl methyl sites for hydroxylation is 1. The predicted molar refractivity (Wildman–Crippen MR) is 93.2 cm³/mol. The van der Waals surface area contributed by atoms with Gasteiger partial charge in [-0.05, 0) is 42.2 Å². The molecule has 2 aromatic rings. The lowest BCUT2D eigenvalue weighted by Crippen LogP contribution is -2.13. The van der Waals surface area contributed by atoms with Crippen LogP contribution in [0.5, 0.6) is 5.75 Å². The SMILES string of the molecule is COc1ccc(COCc2cc(C)ccc2CC(C)C(=O)O)cc1. The zero-order chi connectivity index (χ0) is 17.5. The summed E-state index contributed by atoms with van der Waals surface area (Å²) in [6, 6.07) is 13.8. The molecule has 24 heavy (non-hydrogen) atoms. The van der Waals surface area contributed by atoms with Crippen molar-refractivity contribution in [3.05, 3.63) is 64.7 Å². The maximum absolute atomic E-state index is 11.1. The molecular weight excluding hydrogens is 304 g/mol. The van der Waals surface area contributed by atoms with Crippen molar-refractivity contribution in [2.24, 2.45) is 5.92 Å². The first-order valence-corrected chi connectivity index (χ1v) is 8.01. The first-order chi connectivity index (χ1) is 11.5. The second kappa shape index (κ2) is 8.50. The van der Waals surface area contributed by atoms with E-state index in [-0.39, 0.29) is 0 Å². The summed E-state index contributed by atoms with van der Waals surface area (Å²) in [4.78, 5) is 11.1. The van der Waals surface area contributed by atoms with Gasteiger partial charge in [-0.3, -0.25) is 4.79 Å². The monoisotopic (exact) mass is 328 g/mol. The lowest BCUT2D eigenvalue weighted by Gasteiger charge is -2.13. The summed E-state index contributed by atoms with van der Waals surface area (Å²) >= 11 is 0. The summed E-state index contributed by atoms with van der Waals surface area (Å²) in [7, 11) is 1.64. The van der Waals surface area contributed by atoms with Crippen molar-refractivity contribution in [1.82, 2.24) is 0 Å². The highest BCUT2D eigenvalue weighted by Gasteiger charge is 2.14. The van der Waals surface area contributed by atoms with Gasteiger partial charge >= 0.3 is 5.97 Å². The van der Waals surface area contributed by atoms with Crippen LogP contribution in [0.3, 0.4) is 0 Å². The molecule has 0 saturated carbocycles. The fourth-order valence-electron chi connectivity index (χ4n) is 2.51. The molecule has 0 spiro atoms. The molecular formula is C20H24O4. The minimum atomic E-state index is -0.777. The van der Waals surface area contributed by atoms with E-state index in [4.69, 9.17) is 14.6 Å². The minimum absolute atomic E-state index is 0.409. The Morgan fingerprint density at radius 2 is 1.79 bits per heavy atom. The molecule has 0 bridgehead atoms. The van der Waals surface area contributed by atoms with E-state index >= 15 is 0 Å². The Bertz CT molecular complexity index is 677. The van der Waals surface area contributed by atoms with Gasteiger partial charge in [0.15, 0.2) is 0 Å². The van der Waals surface area contributed by atoms with E-state index in [2.05, 4.69) is 6.07 Å². The van der Waals surface area contributed by atoms with Gasteiger partial charge < -0.3 is 14.6 Å². The number of hydrogen-bond donors (Lipinski definition) is 1. The van der Waals surface area contributed by atoms with Gasteiger partial charge in [-0.25, -0.2) is 0 Å². The van der Waals surface area contributed by atoms with Gasteiger partial charge in [-0.15, -0.1) is 0 Å². The quantitative estimate of drug-likeness (QED) is 0.796. The van der Waals surface area contributed by atoms with Crippen LogP contribution in [-0.2, 0) is 29.2 Å². The van der Waals surface area contributed by atoms with Gasteiger partial charge in [0.1, 0.15) is 5.75 Å². The van der Waals surface area contributed by atoms with Crippen molar-refractivity contribution in [1.29, 1.82) is 0 Å². The van der Waals surface area contributed by atoms with Gasteiger partial charge in [0.25, 0.3) is 0 Å². The second-order valence-electron chi connectivity index (χ2n) is 6.06. The molecule has 0 radical (unpaired) electrons. The van der Waals surface area contributed by atoms with Crippen LogP contribution in [0.15, 0.2) is 42.5 Å². The van der Waals surface area contributed by atoms with E-state index < -0.39 is 11.9 Å². The molecule has 4 heteroatoms. The van der Waals surface area contributed by atoms with E-state index in [9.17, 15) is 4.79 Å². The standard InChI is InChI=1S/C20H24O4/c1-14-4-7-17(11-15(2)20(21)22)18(10-14)13-24-12-16-5-8-19(23-3)9-6-16/h4-10,15H,11-13H2,1-3H3,(H,21,22). The molecule has 1 atom stereocenters. The molecule has 1 unspecified atom stereocenters. The molecule has 0 aromatic heterocycles. The van der Waals surface area contributed by atoms with Crippen molar-refractivity contribution < 1.29 is 19.4 Å². The summed E-state index contributed by atoms with van der Waals surface area (Å²) in [5, 5.41) is 9.11. The number of aliphatic carboxylic acids is 1. The molecule has 1 N–H and O–H groups in total. The van der Waals surface area contributed by atoms with Crippen LogP contribution < -0.4 is 4.74 Å². The average molecular weight is 328 g/mol. The fourth-order valence-corrected chi connectivity index (χ4v) is 2.51. The summed E-state index contributed by atoms with van der Waals surface area (Å²) in [6.45, 7) is 4.73. The third kappa shape index (κ3) is 5.10. The van der Waals surface area contributed by atoms with Gasteiger partial charge in [-0.1, -0.05) is 42.8 Å². The average Bonchev–Trinajstić information content (AvgIpc) is 2.57. The highest BCUT2D eigenvalue weighted by molar-refractivity contribution is 5.70. The predicted octanol–water partition coefficient (Wildman–Crippen LogP) is 3.98. The van der Waals surface area contributed by atoms with Crippen LogP contribution >= 0.6 is 0 Å². The van der Waals surface area contributed by atoms with Crippen LogP contribution in [0.25, 0.3) is 0 Å². The van der Waals surface area contributed by atoms with E-state index in [0.717, 1.165) is 28.0 Å². The van der Waals surface area contributed by atoms with Gasteiger partial charge in [-0.2, -0.15) is 0 Å². The first kappa shape index (κ1) is 18.0. The fraction of sp³-hybridized carbons (Fsp3) is 0.350. The number of hydrogen-bond acceptors (Lipinski definition) is 3. The molecule has 4 nitrogen and oxygen atoms in total. The molecule has 2 aromatic carbocycles. The van der Waals surface area contributed by atoms with E-state index in [1.807, 2.05) is 43.3 Å². The lowest BCUT2D eigenvalue weighted by atomic mass is 9.96. The van der Waals surface area contributed by atoms with Crippen molar-refractivity contribution in [3.63, 3.8) is 0 Å². The zero-order valence-corrected chi connectivity index (χ0v) is 14.4. The van der Waals surface area contributed by atoms with Crippen molar-refractivity contribution >= 4 is 5.97 Å². The summed E-state index contributed by atoms with van der Waals surface area (Å²) in [5.74, 6) is -0.365. The Morgan fingerprint density at radius 3 is 2.42 bits per heavy atom. The van der Waals surface area contributed by atoms with E-state index in [0.29, 0.717) is 19.6 Å². The number of rotatable bonds is 8. The number of benzene rings is 2. The van der Waals surface area contributed by atoms with Crippen LogP contribution in [0.2, 0.25) is 0 Å². The molecule has 0 fully saturated rings. The van der Waals surface area contributed by atoms with Crippen LogP contribution in [0, 0.1) is 12.8 Å². The minimum Gasteiger partial charge on any atom is -0.497 e. The zero-order valence-electron chi connectivity index (χ0n) is 14.4. The maximum atomic E-state index is 11.1. The maximum Gasteiger partial charge on any atom is 0.306 e. The molecule has 0 heterocycles. The summed E-state index contributed by atoms with van der Waals surface area (Å²) < 4.78 is 11.0. The number of carbonyl (C=O) groups is 1. The molecule has 128 valence electrons. The topological polar surface area (TPSA) is 55.8 Å². The number of methoxy groups -OCH3 is 1. The normalized spacial score (nSPS) is 12.0. The lowest BCUT2D eigenvalue weighted by molar-refractivity contribution is -0.141. The van der Waals surface area contributed by atoms with Gasteiger partial charge in [0.05, 0.1) is 26.2 Å². The van der Waals surface area contributed by atoms with E-state index in [1.165, 1.54) is 0 Å². The highest BCUT2D eigenvalue weighted by Crippen LogP contribution is 2.19. The molecule has 0 saturated heterocycles. The van der Waals surface area contributed by atoms with Crippen molar-refractivity contribution in [3.8, 4) is 5.75 Å². The Morgan fingerprint density at radius 1 is 1.08 bits per heavy atom. The molecule has 0 amide bonds. The van der Waals surface area contributed by atoms with Gasteiger partial charge in [0, 0.05) is 0 Å². The molecule has 0 aliphatic carbocycles. The highest BCUT2D eigenvalue weighted by atomic mass is 16.5. The van der Waals surface area contributed by atoms with Crippen LogP contribution in [0.1, 0.15) is 29.2 Å². The van der Waals surface area contributed by atoms with E-state index in [1.54, 1.807) is 14.0 Å².